The van der Waals surface area contributed by atoms with Crippen LogP contribution in [0.1, 0.15) is 46.0 Å². The summed E-state index contributed by atoms with van der Waals surface area (Å²) in [6, 6.07) is 0. The fraction of sp³-hybridized carbons (Fsp3) is 0.846. The van der Waals surface area contributed by atoms with Crippen molar-refractivity contribution in [3.8, 4) is 0 Å². The molecule has 0 aromatic heterocycles. The van der Waals surface area contributed by atoms with Gasteiger partial charge in [-0.15, -0.1) is 0 Å². The number of hydrogen-bond donors (Lipinski definition) is 2. The van der Waals surface area contributed by atoms with Crippen molar-refractivity contribution >= 4 is 11.9 Å². The van der Waals surface area contributed by atoms with Gasteiger partial charge in [0.1, 0.15) is 0 Å². The summed E-state index contributed by atoms with van der Waals surface area (Å²) < 4.78 is 0. The lowest BCUT2D eigenvalue weighted by Crippen LogP contribution is -2.31. The van der Waals surface area contributed by atoms with E-state index in [2.05, 4.69) is 19.2 Å². The van der Waals surface area contributed by atoms with Gasteiger partial charge in [0.2, 0.25) is 5.91 Å². The second-order valence-corrected chi connectivity index (χ2v) is 4.95. The minimum Gasteiger partial charge on any atom is -0.481 e. The first kappa shape index (κ1) is 14.0. The molecule has 1 rings (SSSR count). The molecule has 0 aliphatic heterocycles. The lowest BCUT2D eigenvalue weighted by molar-refractivity contribution is -0.140. The molecule has 0 radical (unpaired) electrons. The normalized spacial score (nSPS) is 24.1. The average molecular weight is 241 g/mol. The van der Waals surface area contributed by atoms with E-state index < -0.39 is 11.9 Å². The lowest BCUT2D eigenvalue weighted by Gasteiger charge is -2.15. The van der Waals surface area contributed by atoms with Crippen molar-refractivity contribution in [2.75, 3.05) is 6.54 Å². The van der Waals surface area contributed by atoms with Gasteiger partial charge in [-0.1, -0.05) is 33.1 Å². The van der Waals surface area contributed by atoms with Gasteiger partial charge < -0.3 is 10.4 Å². The molecular formula is C13H23NO3. The van der Waals surface area contributed by atoms with Crippen LogP contribution in [0.3, 0.4) is 0 Å². The molecule has 0 spiro atoms. The van der Waals surface area contributed by atoms with Crippen LogP contribution in [0.15, 0.2) is 0 Å². The first-order chi connectivity index (χ1) is 8.10. The second kappa shape index (κ2) is 6.62. The molecule has 3 atom stereocenters. The number of carbonyl (C=O) groups excluding carboxylic acids is 1. The van der Waals surface area contributed by atoms with Crippen LogP contribution in [-0.4, -0.2) is 23.5 Å². The van der Waals surface area contributed by atoms with E-state index in [-0.39, 0.29) is 11.8 Å². The summed E-state index contributed by atoms with van der Waals surface area (Å²) >= 11 is 0. The Labute approximate surface area is 103 Å². The van der Waals surface area contributed by atoms with Gasteiger partial charge in [-0.25, -0.2) is 0 Å². The summed E-state index contributed by atoms with van der Waals surface area (Å²) in [7, 11) is 0. The number of hydrogen-bond acceptors (Lipinski definition) is 2. The molecule has 98 valence electrons. The quantitative estimate of drug-likeness (QED) is 0.683. The molecule has 0 aromatic carbocycles. The fourth-order valence-corrected chi connectivity index (χ4v) is 2.08. The molecule has 0 bridgehead atoms. The second-order valence-electron chi connectivity index (χ2n) is 4.95. The Bertz CT molecular complexity index is 278. The van der Waals surface area contributed by atoms with Gasteiger partial charge in [0.05, 0.1) is 11.8 Å². The lowest BCUT2D eigenvalue weighted by atomic mass is 9.99. The molecule has 0 aromatic rings. The van der Waals surface area contributed by atoms with Crippen molar-refractivity contribution in [1.29, 1.82) is 0 Å². The van der Waals surface area contributed by atoms with Gasteiger partial charge in [0.25, 0.3) is 0 Å². The molecule has 1 aliphatic rings. The van der Waals surface area contributed by atoms with Crippen LogP contribution in [0.25, 0.3) is 0 Å². The zero-order valence-corrected chi connectivity index (χ0v) is 10.7. The van der Waals surface area contributed by atoms with Crippen LogP contribution < -0.4 is 5.32 Å². The zero-order chi connectivity index (χ0) is 12.8. The van der Waals surface area contributed by atoms with Crippen LogP contribution in [-0.2, 0) is 9.59 Å². The maximum Gasteiger partial charge on any atom is 0.307 e. The Kier molecular flexibility index (Phi) is 5.45. The van der Waals surface area contributed by atoms with Crippen molar-refractivity contribution in [1.82, 2.24) is 5.32 Å². The summed E-state index contributed by atoms with van der Waals surface area (Å²) in [6.45, 7) is 4.98. The zero-order valence-electron chi connectivity index (χ0n) is 10.7. The van der Waals surface area contributed by atoms with Crippen LogP contribution in [0.5, 0.6) is 0 Å². The SMILES string of the molecule is CCCCC(CC)CNC(=O)[C@@H]1C[C@@H]1C(=O)O. The number of carboxylic acid groups (broad SMARTS) is 1. The molecular weight excluding hydrogens is 218 g/mol. The molecule has 1 saturated carbocycles. The number of nitrogens with one attached hydrogen (secondary N) is 1. The van der Waals surface area contributed by atoms with Gasteiger partial charge in [0, 0.05) is 6.54 Å². The van der Waals surface area contributed by atoms with Crippen LogP contribution in [0.2, 0.25) is 0 Å². The van der Waals surface area contributed by atoms with Crippen LogP contribution in [0, 0.1) is 17.8 Å². The number of carbonyl (C=O) groups is 2. The number of unbranched alkanes of at least 4 members (excludes halogenated alkanes) is 1. The molecule has 0 saturated heterocycles. The highest BCUT2D eigenvalue weighted by molar-refractivity contribution is 5.89. The molecule has 4 nitrogen and oxygen atoms in total. The molecule has 1 unspecified atom stereocenters. The van der Waals surface area contributed by atoms with E-state index in [1.165, 1.54) is 12.8 Å². The topological polar surface area (TPSA) is 66.4 Å². The largest absolute Gasteiger partial charge is 0.481 e. The highest BCUT2D eigenvalue weighted by atomic mass is 16.4. The Morgan fingerprint density at radius 2 is 2.06 bits per heavy atom. The van der Waals surface area contributed by atoms with Gasteiger partial charge in [-0.2, -0.15) is 0 Å². The third-order valence-corrected chi connectivity index (χ3v) is 3.55. The minimum absolute atomic E-state index is 0.0765. The number of rotatable bonds is 8. The van der Waals surface area contributed by atoms with E-state index in [0.717, 1.165) is 12.8 Å². The number of amides is 1. The predicted octanol–water partition coefficient (Wildman–Crippen LogP) is 2.04. The summed E-state index contributed by atoms with van der Waals surface area (Å²) in [5, 5.41) is 11.6. The molecule has 1 amide bonds. The Morgan fingerprint density at radius 1 is 1.35 bits per heavy atom. The van der Waals surface area contributed by atoms with E-state index in [4.69, 9.17) is 5.11 Å². The minimum atomic E-state index is -0.844. The maximum absolute atomic E-state index is 11.6. The average Bonchev–Trinajstić information content (AvgIpc) is 3.09. The van der Waals surface area contributed by atoms with Crippen LogP contribution in [0.4, 0.5) is 0 Å². The summed E-state index contributed by atoms with van der Waals surface area (Å²) in [5.74, 6) is -1.11. The molecule has 1 fully saturated rings. The monoisotopic (exact) mass is 241 g/mol. The van der Waals surface area contributed by atoms with E-state index in [1.54, 1.807) is 0 Å². The van der Waals surface area contributed by atoms with Crippen molar-refractivity contribution < 1.29 is 14.7 Å². The van der Waals surface area contributed by atoms with E-state index in [9.17, 15) is 9.59 Å². The number of carboxylic acids is 1. The first-order valence-corrected chi connectivity index (χ1v) is 6.60. The fourth-order valence-electron chi connectivity index (χ4n) is 2.08. The maximum atomic E-state index is 11.6. The standard InChI is InChI=1S/C13H23NO3/c1-3-5-6-9(4-2)8-14-12(15)10-7-11(10)13(16)17/h9-11H,3-8H2,1-2H3,(H,14,15)(H,16,17)/t9?,10-,11+/m1/s1. The number of aliphatic carboxylic acids is 1. The molecule has 2 N–H and O–H groups in total. The highest BCUT2D eigenvalue weighted by Crippen LogP contribution is 2.38. The van der Waals surface area contributed by atoms with Gasteiger partial charge in [0.15, 0.2) is 0 Å². The van der Waals surface area contributed by atoms with Gasteiger partial charge in [-0.05, 0) is 18.8 Å². The Morgan fingerprint density at radius 3 is 2.53 bits per heavy atom. The summed E-state index contributed by atoms with van der Waals surface area (Å²) in [5.41, 5.74) is 0. The van der Waals surface area contributed by atoms with Crippen molar-refractivity contribution in [3.05, 3.63) is 0 Å². The molecule has 4 heteroatoms. The van der Waals surface area contributed by atoms with E-state index >= 15 is 0 Å². The highest BCUT2D eigenvalue weighted by Gasteiger charge is 2.48. The predicted molar refractivity (Wildman–Crippen MR) is 65.5 cm³/mol. The van der Waals surface area contributed by atoms with E-state index in [0.29, 0.717) is 18.9 Å². The van der Waals surface area contributed by atoms with Crippen molar-refractivity contribution in [2.24, 2.45) is 17.8 Å². The van der Waals surface area contributed by atoms with Gasteiger partial charge in [-0.3, -0.25) is 9.59 Å². The smallest absolute Gasteiger partial charge is 0.307 e. The first-order valence-electron chi connectivity index (χ1n) is 6.60. The third kappa shape index (κ3) is 4.36. The van der Waals surface area contributed by atoms with Gasteiger partial charge >= 0.3 is 5.97 Å². The van der Waals surface area contributed by atoms with Crippen molar-refractivity contribution in [3.63, 3.8) is 0 Å². The Hall–Kier alpha value is -1.06. The molecule has 17 heavy (non-hydrogen) atoms. The summed E-state index contributed by atoms with van der Waals surface area (Å²) in [6.07, 6.45) is 5.07. The van der Waals surface area contributed by atoms with E-state index in [1.807, 2.05) is 0 Å². The van der Waals surface area contributed by atoms with Crippen molar-refractivity contribution in [2.45, 2.75) is 46.0 Å². The molecule has 0 heterocycles. The van der Waals surface area contributed by atoms with Crippen LogP contribution >= 0.6 is 0 Å². The Balaban J connectivity index is 2.21. The summed E-state index contributed by atoms with van der Waals surface area (Å²) in [4.78, 5) is 22.3. The molecule has 1 aliphatic carbocycles. The third-order valence-electron chi connectivity index (χ3n) is 3.55.